The SMILES string of the molecule is C=CCNC(=O)NCc1ccc(COCC(F)(F)F)cc1. The van der Waals surface area contributed by atoms with Gasteiger partial charge >= 0.3 is 12.2 Å². The van der Waals surface area contributed by atoms with Crippen LogP contribution in [0.4, 0.5) is 18.0 Å². The van der Waals surface area contributed by atoms with E-state index in [0.29, 0.717) is 18.7 Å². The van der Waals surface area contributed by atoms with Gasteiger partial charge in [-0.1, -0.05) is 30.3 Å². The Morgan fingerprint density at radius 3 is 2.38 bits per heavy atom. The van der Waals surface area contributed by atoms with Crippen LogP contribution in [0.15, 0.2) is 36.9 Å². The Morgan fingerprint density at radius 2 is 1.81 bits per heavy atom. The van der Waals surface area contributed by atoms with Gasteiger partial charge in [0, 0.05) is 13.1 Å². The number of alkyl halides is 3. The van der Waals surface area contributed by atoms with Gasteiger partial charge in [-0.15, -0.1) is 6.58 Å². The molecule has 0 aromatic heterocycles. The predicted molar refractivity (Wildman–Crippen MR) is 72.6 cm³/mol. The van der Waals surface area contributed by atoms with Crippen molar-refractivity contribution in [3.8, 4) is 0 Å². The fourth-order valence-electron chi connectivity index (χ4n) is 1.45. The molecule has 0 radical (unpaired) electrons. The van der Waals surface area contributed by atoms with Gasteiger partial charge in [0.2, 0.25) is 0 Å². The zero-order chi connectivity index (χ0) is 15.7. The van der Waals surface area contributed by atoms with Gasteiger partial charge in [0.05, 0.1) is 6.61 Å². The third-order valence-electron chi connectivity index (χ3n) is 2.42. The average Bonchev–Trinajstić information content (AvgIpc) is 2.43. The van der Waals surface area contributed by atoms with Crippen molar-refractivity contribution in [1.29, 1.82) is 0 Å². The molecule has 4 nitrogen and oxygen atoms in total. The van der Waals surface area contributed by atoms with Crippen molar-refractivity contribution in [2.24, 2.45) is 0 Å². The molecule has 1 aromatic carbocycles. The highest BCUT2D eigenvalue weighted by molar-refractivity contribution is 5.73. The minimum atomic E-state index is -4.32. The third-order valence-corrected chi connectivity index (χ3v) is 2.42. The normalized spacial score (nSPS) is 11.0. The summed E-state index contributed by atoms with van der Waals surface area (Å²) in [6, 6.07) is 6.46. The molecular weight excluding hydrogens is 285 g/mol. The number of amides is 2. The van der Waals surface area contributed by atoms with Crippen molar-refractivity contribution in [3.63, 3.8) is 0 Å². The van der Waals surface area contributed by atoms with E-state index in [0.717, 1.165) is 5.56 Å². The molecule has 2 amide bonds. The number of benzene rings is 1. The van der Waals surface area contributed by atoms with Crippen LogP contribution in [0.2, 0.25) is 0 Å². The molecule has 0 atom stereocenters. The van der Waals surface area contributed by atoms with Gasteiger partial charge in [-0.3, -0.25) is 0 Å². The summed E-state index contributed by atoms with van der Waals surface area (Å²) in [7, 11) is 0. The molecule has 0 bridgehead atoms. The molecule has 0 aliphatic heterocycles. The lowest BCUT2D eigenvalue weighted by atomic mass is 10.1. The van der Waals surface area contributed by atoms with Gasteiger partial charge in [0.15, 0.2) is 0 Å². The maximum Gasteiger partial charge on any atom is 0.411 e. The number of carbonyl (C=O) groups is 1. The number of rotatable bonds is 7. The molecule has 116 valence electrons. The van der Waals surface area contributed by atoms with E-state index < -0.39 is 12.8 Å². The maximum atomic E-state index is 11.9. The van der Waals surface area contributed by atoms with Gasteiger partial charge in [-0.05, 0) is 11.1 Å². The zero-order valence-electron chi connectivity index (χ0n) is 11.4. The highest BCUT2D eigenvalue weighted by Gasteiger charge is 2.27. The highest BCUT2D eigenvalue weighted by Crippen LogP contribution is 2.15. The van der Waals surface area contributed by atoms with Gasteiger partial charge in [-0.25, -0.2) is 4.79 Å². The molecule has 0 unspecified atom stereocenters. The number of urea groups is 1. The molecule has 0 aliphatic rings. The lowest BCUT2D eigenvalue weighted by Gasteiger charge is -2.09. The van der Waals surface area contributed by atoms with Crippen molar-refractivity contribution < 1.29 is 22.7 Å². The molecule has 21 heavy (non-hydrogen) atoms. The van der Waals surface area contributed by atoms with Crippen molar-refractivity contribution in [2.75, 3.05) is 13.2 Å². The number of halogens is 3. The maximum absolute atomic E-state index is 11.9. The van der Waals surface area contributed by atoms with Crippen molar-refractivity contribution in [1.82, 2.24) is 10.6 Å². The molecule has 0 spiro atoms. The Bertz CT molecular complexity index is 458. The number of hydrogen-bond donors (Lipinski definition) is 2. The molecule has 1 aromatic rings. The molecule has 0 fully saturated rings. The van der Waals surface area contributed by atoms with Crippen LogP contribution in [0.1, 0.15) is 11.1 Å². The lowest BCUT2D eigenvalue weighted by Crippen LogP contribution is -2.34. The van der Waals surface area contributed by atoms with Gasteiger partial charge < -0.3 is 15.4 Å². The van der Waals surface area contributed by atoms with Crippen LogP contribution in [0.3, 0.4) is 0 Å². The Hall–Kier alpha value is -2.02. The molecule has 0 heterocycles. The lowest BCUT2D eigenvalue weighted by molar-refractivity contribution is -0.176. The van der Waals surface area contributed by atoms with Crippen LogP contribution in [0.5, 0.6) is 0 Å². The van der Waals surface area contributed by atoms with E-state index in [9.17, 15) is 18.0 Å². The van der Waals surface area contributed by atoms with Crippen LogP contribution in [0, 0.1) is 0 Å². The zero-order valence-corrected chi connectivity index (χ0v) is 11.4. The molecule has 7 heteroatoms. The molecule has 0 aliphatic carbocycles. The van der Waals surface area contributed by atoms with Crippen molar-refractivity contribution >= 4 is 6.03 Å². The predicted octanol–water partition coefficient (Wildman–Crippen LogP) is 2.75. The van der Waals surface area contributed by atoms with E-state index in [-0.39, 0.29) is 12.6 Å². The van der Waals surface area contributed by atoms with Crippen LogP contribution >= 0.6 is 0 Å². The van der Waals surface area contributed by atoms with Crippen molar-refractivity contribution in [3.05, 3.63) is 48.0 Å². The second kappa shape index (κ2) is 8.31. The first-order chi connectivity index (χ1) is 9.90. The van der Waals surface area contributed by atoms with E-state index in [1.54, 1.807) is 30.3 Å². The fraction of sp³-hybridized carbons (Fsp3) is 0.357. The van der Waals surface area contributed by atoms with Crippen LogP contribution in [-0.4, -0.2) is 25.4 Å². The topological polar surface area (TPSA) is 50.4 Å². The molecule has 0 saturated heterocycles. The fourth-order valence-corrected chi connectivity index (χ4v) is 1.45. The molecule has 2 N–H and O–H groups in total. The number of carbonyl (C=O) groups excluding carboxylic acids is 1. The summed E-state index contributed by atoms with van der Waals surface area (Å²) < 4.78 is 40.3. The Morgan fingerprint density at radius 1 is 1.19 bits per heavy atom. The Balaban J connectivity index is 2.33. The monoisotopic (exact) mass is 302 g/mol. The van der Waals surface area contributed by atoms with E-state index in [1.807, 2.05) is 0 Å². The standard InChI is InChI=1S/C14H17F3N2O2/c1-2-7-18-13(20)19-8-11-3-5-12(6-4-11)9-21-10-14(15,16)17/h2-6H,1,7-10H2,(H2,18,19,20). The van der Waals surface area contributed by atoms with Crippen LogP contribution in [0.25, 0.3) is 0 Å². The summed E-state index contributed by atoms with van der Waals surface area (Å²) in [5.41, 5.74) is 1.47. The first-order valence-corrected chi connectivity index (χ1v) is 6.25. The molecule has 0 saturated carbocycles. The molecular formula is C14H17F3N2O2. The van der Waals surface area contributed by atoms with Gasteiger partial charge in [0.1, 0.15) is 6.61 Å². The van der Waals surface area contributed by atoms with Gasteiger partial charge in [-0.2, -0.15) is 13.2 Å². The second-order valence-corrected chi connectivity index (χ2v) is 4.28. The number of nitrogens with one attached hydrogen (secondary N) is 2. The van der Waals surface area contributed by atoms with E-state index in [2.05, 4.69) is 21.9 Å². The second-order valence-electron chi connectivity index (χ2n) is 4.28. The van der Waals surface area contributed by atoms with E-state index in [4.69, 9.17) is 0 Å². The summed E-state index contributed by atoms with van der Waals surface area (Å²) in [6.07, 6.45) is -2.75. The van der Waals surface area contributed by atoms with E-state index in [1.165, 1.54) is 0 Å². The smallest absolute Gasteiger partial charge is 0.367 e. The summed E-state index contributed by atoms with van der Waals surface area (Å²) in [6.45, 7) is 2.81. The first-order valence-electron chi connectivity index (χ1n) is 6.25. The Kier molecular flexibility index (Phi) is 6.74. The van der Waals surface area contributed by atoms with Gasteiger partial charge in [0.25, 0.3) is 0 Å². The number of hydrogen-bond acceptors (Lipinski definition) is 2. The first kappa shape index (κ1) is 17.0. The average molecular weight is 302 g/mol. The van der Waals surface area contributed by atoms with E-state index >= 15 is 0 Å². The highest BCUT2D eigenvalue weighted by atomic mass is 19.4. The van der Waals surface area contributed by atoms with Crippen molar-refractivity contribution in [2.45, 2.75) is 19.3 Å². The summed E-state index contributed by atoms with van der Waals surface area (Å²) in [5.74, 6) is 0. The summed E-state index contributed by atoms with van der Waals surface area (Å²) >= 11 is 0. The molecule has 1 rings (SSSR count). The van der Waals surface area contributed by atoms with Crippen LogP contribution < -0.4 is 10.6 Å². The Labute approximate surface area is 121 Å². The van der Waals surface area contributed by atoms with Crippen LogP contribution in [-0.2, 0) is 17.9 Å². The minimum Gasteiger partial charge on any atom is -0.367 e. The largest absolute Gasteiger partial charge is 0.411 e. The quantitative estimate of drug-likeness (QED) is 0.761. The summed E-state index contributed by atoms with van der Waals surface area (Å²) in [5, 5.41) is 5.20. The number of ether oxygens (including phenoxy) is 1. The third kappa shape index (κ3) is 7.98. The minimum absolute atomic E-state index is 0.104. The summed E-state index contributed by atoms with van der Waals surface area (Å²) in [4.78, 5) is 11.3.